The van der Waals surface area contributed by atoms with Gasteiger partial charge in [-0.3, -0.25) is 0 Å². The first-order valence-electron chi connectivity index (χ1n) is 9.41. The molecule has 136 valence electrons. The second-order valence-electron chi connectivity index (χ2n) is 7.09. The van der Waals surface area contributed by atoms with E-state index in [0.29, 0.717) is 5.89 Å². The average molecular weight is 364 g/mol. The normalized spacial score (nSPS) is 11.2. The number of oxazole rings is 1. The number of fused-ring (bicyclic) bond motifs is 2. The van der Waals surface area contributed by atoms with Crippen LogP contribution in [0.3, 0.4) is 0 Å². The van der Waals surface area contributed by atoms with Crippen LogP contribution < -0.4 is 5.32 Å². The van der Waals surface area contributed by atoms with Gasteiger partial charge in [0.1, 0.15) is 5.52 Å². The minimum atomic E-state index is 0.641. The van der Waals surface area contributed by atoms with E-state index in [-0.39, 0.29) is 0 Å². The van der Waals surface area contributed by atoms with E-state index in [2.05, 4.69) is 61.6 Å². The van der Waals surface area contributed by atoms with Crippen molar-refractivity contribution in [2.75, 3.05) is 5.32 Å². The molecule has 1 heterocycles. The monoisotopic (exact) mass is 364 g/mol. The first kappa shape index (κ1) is 16.6. The molecule has 1 aromatic heterocycles. The van der Waals surface area contributed by atoms with Gasteiger partial charge in [0.05, 0.1) is 5.69 Å². The average Bonchev–Trinajstić information content (AvgIpc) is 3.15. The maximum absolute atomic E-state index is 6.15. The largest absolute Gasteiger partial charge is 0.436 e. The lowest BCUT2D eigenvalue weighted by atomic mass is 10.0. The molecule has 0 aliphatic heterocycles. The predicted octanol–water partition coefficient (Wildman–Crippen LogP) is 7.01. The van der Waals surface area contributed by atoms with Crippen LogP contribution in [0.15, 0.2) is 83.3 Å². The number of nitrogens with one attached hydrogen (secondary N) is 1. The van der Waals surface area contributed by atoms with Crippen LogP contribution in [-0.4, -0.2) is 4.98 Å². The van der Waals surface area contributed by atoms with Crippen LogP contribution in [0.5, 0.6) is 0 Å². The van der Waals surface area contributed by atoms with Crippen LogP contribution in [0.1, 0.15) is 11.1 Å². The number of para-hydroxylation sites is 2. The summed E-state index contributed by atoms with van der Waals surface area (Å²) in [6, 6.07) is 26.8. The molecule has 3 heteroatoms. The third-order valence-electron chi connectivity index (χ3n) is 5.18. The summed E-state index contributed by atoms with van der Waals surface area (Å²) in [7, 11) is 0. The Bertz CT molecular complexity index is 1290. The Hall–Kier alpha value is -3.59. The minimum absolute atomic E-state index is 0.641. The van der Waals surface area contributed by atoms with E-state index in [9.17, 15) is 0 Å². The molecule has 1 N–H and O–H groups in total. The van der Waals surface area contributed by atoms with Gasteiger partial charge < -0.3 is 9.73 Å². The highest BCUT2D eigenvalue weighted by Crippen LogP contribution is 2.34. The summed E-state index contributed by atoms with van der Waals surface area (Å²) in [5, 5.41) is 5.88. The van der Waals surface area contributed by atoms with Crippen molar-refractivity contribution >= 4 is 33.2 Å². The summed E-state index contributed by atoms with van der Waals surface area (Å²) in [6.07, 6.45) is 0. The number of anilines is 2. The molecule has 3 nitrogen and oxygen atoms in total. The molecule has 0 spiro atoms. The Morgan fingerprint density at radius 1 is 0.750 bits per heavy atom. The minimum Gasteiger partial charge on any atom is -0.436 e. The standard InChI is InChI=1S/C25H20N2O/c1-16-8-5-9-17(2)23(16)26-21-14-7-15-22-24(21)27-25(28-22)20-13-6-11-18-10-3-4-12-19(18)20/h3-15,26H,1-2H3. The van der Waals surface area contributed by atoms with Gasteiger partial charge in [0.25, 0.3) is 0 Å². The number of nitrogens with zero attached hydrogens (tertiary/aromatic N) is 1. The third kappa shape index (κ3) is 2.72. The summed E-state index contributed by atoms with van der Waals surface area (Å²) in [5.74, 6) is 0.641. The summed E-state index contributed by atoms with van der Waals surface area (Å²) >= 11 is 0. The van der Waals surface area contributed by atoms with Crippen LogP contribution >= 0.6 is 0 Å². The van der Waals surface area contributed by atoms with Crippen LogP contribution in [0.25, 0.3) is 33.3 Å². The van der Waals surface area contributed by atoms with E-state index in [1.54, 1.807) is 0 Å². The smallest absolute Gasteiger partial charge is 0.228 e. The lowest BCUT2D eigenvalue weighted by Crippen LogP contribution is -1.96. The second-order valence-corrected chi connectivity index (χ2v) is 7.09. The van der Waals surface area contributed by atoms with E-state index in [1.165, 1.54) is 16.5 Å². The van der Waals surface area contributed by atoms with Crippen molar-refractivity contribution in [2.24, 2.45) is 0 Å². The fourth-order valence-corrected chi connectivity index (χ4v) is 3.72. The van der Waals surface area contributed by atoms with Crippen LogP contribution in [0.2, 0.25) is 0 Å². The molecule has 5 rings (SSSR count). The zero-order valence-corrected chi connectivity index (χ0v) is 15.9. The SMILES string of the molecule is Cc1cccc(C)c1Nc1cccc2oc(-c3cccc4ccccc34)nc12. The molecule has 0 fully saturated rings. The van der Waals surface area contributed by atoms with Gasteiger partial charge in [-0.05, 0) is 53.9 Å². The first-order chi connectivity index (χ1) is 13.7. The van der Waals surface area contributed by atoms with Crippen molar-refractivity contribution in [1.29, 1.82) is 0 Å². The highest BCUT2D eigenvalue weighted by Gasteiger charge is 2.14. The van der Waals surface area contributed by atoms with E-state index in [1.807, 2.05) is 36.4 Å². The van der Waals surface area contributed by atoms with Crippen molar-refractivity contribution < 1.29 is 4.42 Å². The first-order valence-corrected chi connectivity index (χ1v) is 9.41. The van der Waals surface area contributed by atoms with Gasteiger partial charge in [0.15, 0.2) is 5.58 Å². The molecular weight excluding hydrogens is 344 g/mol. The summed E-state index contributed by atoms with van der Waals surface area (Å²) < 4.78 is 6.15. The van der Waals surface area contributed by atoms with Crippen LogP contribution in [0.4, 0.5) is 11.4 Å². The molecule has 0 bridgehead atoms. The molecule has 0 radical (unpaired) electrons. The van der Waals surface area contributed by atoms with Crippen LogP contribution in [0, 0.1) is 13.8 Å². The van der Waals surface area contributed by atoms with E-state index < -0.39 is 0 Å². The maximum atomic E-state index is 6.15. The Morgan fingerprint density at radius 2 is 1.46 bits per heavy atom. The number of rotatable bonds is 3. The maximum Gasteiger partial charge on any atom is 0.228 e. The van der Waals surface area contributed by atoms with Crippen molar-refractivity contribution in [1.82, 2.24) is 4.98 Å². The van der Waals surface area contributed by atoms with Gasteiger partial charge in [-0.15, -0.1) is 0 Å². The lowest BCUT2D eigenvalue weighted by Gasteiger charge is -2.12. The molecule has 28 heavy (non-hydrogen) atoms. The van der Waals surface area contributed by atoms with E-state index in [4.69, 9.17) is 9.40 Å². The zero-order chi connectivity index (χ0) is 19.1. The van der Waals surface area contributed by atoms with Gasteiger partial charge in [0.2, 0.25) is 5.89 Å². The third-order valence-corrected chi connectivity index (χ3v) is 5.18. The summed E-state index contributed by atoms with van der Waals surface area (Å²) in [6.45, 7) is 4.22. The number of aromatic nitrogens is 1. The molecule has 0 saturated heterocycles. The Kier molecular flexibility index (Phi) is 3.87. The molecule has 5 aromatic rings. The number of hydrogen-bond acceptors (Lipinski definition) is 3. The molecule has 0 aliphatic carbocycles. The molecule has 0 amide bonds. The molecule has 0 unspecified atom stereocenters. The van der Waals surface area contributed by atoms with Crippen LogP contribution in [-0.2, 0) is 0 Å². The van der Waals surface area contributed by atoms with Gasteiger partial charge in [-0.25, -0.2) is 4.98 Å². The van der Waals surface area contributed by atoms with Gasteiger partial charge in [-0.1, -0.05) is 60.7 Å². The summed E-state index contributed by atoms with van der Waals surface area (Å²) in [4.78, 5) is 4.86. The molecule has 0 aliphatic rings. The zero-order valence-electron chi connectivity index (χ0n) is 15.9. The Morgan fingerprint density at radius 3 is 2.32 bits per heavy atom. The Balaban J connectivity index is 1.65. The predicted molar refractivity (Wildman–Crippen MR) is 116 cm³/mol. The second kappa shape index (κ2) is 6.54. The quantitative estimate of drug-likeness (QED) is 0.374. The number of aryl methyl sites for hydroxylation is 2. The van der Waals surface area contributed by atoms with E-state index >= 15 is 0 Å². The fourth-order valence-electron chi connectivity index (χ4n) is 3.72. The molecule has 4 aromatic carbocycles. The van der Waals surface area contributed by atoms with Crippen molar-refractivity contribution in [3.8, 4) is 11.5 Å². The molecular formula is C25H20N2O. The van der Waals surface area contributed by atoms with Crippen molar-refractivity contribution in [3.05, 3.63) is 90.0 Å². The fraction of sp³-hybridized carbons (Fsp3) is 0.0800. The van der Waals surface area contributed by atoms with Gasteiger partial charge >= 0.3 is 0 Å². The Labute approximate surface area is 163 Å². The highest BCUT2D eigenvalue weighted by molar-refractivity contribution is 5.97. The van der Waals surface area contributed by atoms with Gasteiger partial charge in [-0.2, -0.15) is 0 Å². The number of benzene rings is 4. The molecule has 0 saturated carbocycles. The van der Waals surface area contributed by atoms with Crippen molar-refractivity contribution in [3.63, 3.8) is 0 Å². The highest BCUT2D eigenvalue weighted by atomic mass is 16.3. The van der Waals surface area contributed by atoms with E-state index in [0.717, 1.165) is 33.4 Å². The molecule has 0 atom stereocenters. The van der Waals surface area contributed by atoms with Crippen molar-refractivity contribution in [2.45, 2.75) is 13.8 Å². The number of hydrogen-bond donors (Lipinski definition) is 1. The van der Waals surface area contributed by atoms with Gasteiger partial charge in [0, 0.05) is 11.3 Å². The lowest BCUT2D eigenvalue weighted by molar-refractivity contribution is 0.620. The topological polar surface area (TPSA) is 38.1 Å². The summed E-state index contributed by atoms with van der Waals surface area (Å²) in [5.41, 5.74) is 7.10.